The summed E-state index contributed by atoms with van der Waals surface area (Å²) in [4.78, 5) is 62.3. The van der Waals surface area contributed by atoms with Gasteiger partial charge in [0.25, 0.3) is 11.8 Å². The predicted molar refractivity (Wildman–Crippen MR) is 288 cm³/mol. The van der Waals surface area contributed by atoms with E-state index in [4.69, 9.17) is 67.7 Å². The number of anilines is 2. The topological polar surface area (TPSA) is 189 Å². The van der Waals surface area contributed by atoms with Crippen LogP contribution in [0.25, 0.3) is 0 Å². The quantitative estimate of drug-likeness (QED) is 0.0478. The first-order valence-corrected chi connectivity index (χ1v) is 30.7. The van der Waals surface area contributed by atoms with E-state index in [0.717, 1.165) is 33.6 Å². The highest BCUT2D eigenvalue weighted by molar-refractivity contribution is 7.87. The van der Waals surface area contributed by atoms with Crippen molar-refractivity contribution in [3.05, 3.63) is 82.9 Å². The number of hydrogen-bond donors (Lipinski definition) is 0. The SMILES string of the molecule is CCOC(=O)N1c2cc(OCCCCCOc3cc4c(cc3OC)C(=O)N3C=C(OS(=O)(=O)C(F)(F)F)C[C@H]3[C@H](O[Si](C)(C)C(C)(C)C)N4C(=O)OCC(Cl)(Cl)Cl)c(OC)cc2C(=O)N2C=C(C3=CCC(C)C=C3)C[C@H]2[C@@H]1C. The molecule has 0 aromatic heterocycles. The third-order valence-electron chi connectivity index (χ3n) is 14.4. The Kier molecular flexibility index (Phi) is 18.1. The number of amides is 4. The van der Waals surface area contributed by atoms with E-state index in [1.54, 1.807) is 24.0 Å². The van der Waals surface area contributed by atoms with E-state index < -0.39 is 88.0 Å². The third-order valence-corrected chi connectivity index (χ3v) is 20.2. The summed E-state index contributed by atoms with van der Waals surface area (Å²) in [7, 11) is -6.45. The third kappa shape index (κ3) is 12.8. The second kappa shape index (κ2) is 23.4. The molecule has 1 aliphatic carbocycles. The molecule has 0 fully saturated rings. The Balaban J connectivity index is 1.11. The zero-order chi connectivity index (χ0) is 57.4. The number of carbonyl (C=O) groups is 4. The van der Waals surface area contributed by atoms with E-state index in [-0.39, 0.29) is 65.8 Å². The highest BCUT2D eigenvalue weighted by atomic mass is 35.6. The van der Waals surface area contributed by atoms with E-state index in [9.17, 15) is 40.8 Å². The van der Waals surface area contributed by atoms with Crippen molar-refractivity contribution in [1.29, 1.82) is 0 Å². The van der Waals surface area contributed by atoms with Crippen LogP contribution in [0.4, 0.5) is 34.1 Å². The number of carbonyl (C=O) groups excluding carboxylic acids is 4. The minimum Gasteiger partial charge on any atom is -0.493 e. The normalized spacial score (nSPS) is 21.5. The molecule has 0 saturated heterocycles. The molecule has 2 aromatic carbocycles. The van der Waals surface area contributed by atoms with Gasteiger partial charge in [-0.15, -0.1) is 0 Å². The molecule has 0 saturated carbocycles. The summed E-state index contributed by atoms with van der Waals surface area (Å²) in [5.74, 6) is -0.850. The number of ether oxygens (including phenoxy) is 6. The van der Waals surface area contributed by atoms with Crippen LogP contribution in [0.3, 0.4) is 0 Å². The lowest BCUT2D eigenvalue weighted by Gasteiger charge is -2.44. The van der Waals surface area contributed by atoms with Crippen LogP contribution in [-0.2, 0) is 28.2 Å². The number of nitrogens with zero attached hydrogens (tertiary/aromatic N) is 4. The number of hydrogen-bond acceptors (Lipinski definition) is 14. The maximum atomic E-state index is 14.6. The van der Waals surface area contributed by atoms with Gasteiger partial charge in [-0.1, -0.05) is 80.7 Å². The molecule has 5 atom stereocenters. The number of halogens is 6. The Morgan fingerprint density at radius 3 is 1.82 bits per heavy atom. The minimum atomic E-state index is -6.18. The first kappa shape index (κ1) is 60.3. The van der Waals surface area contributed by atoms with Crippen molar-refractivity contribution >= 4 is 88.6 Å². The molecule has 4 amide bonds. The monoisotopic (exact) mass is 1190 g/mol. The van der Waals surface area contributed by atoms with Gasteiger partial charge in [-0.2, -0.15) is 21.6 Å². The van der Waals surface area contributed by atoms with Gasteiger partial charge in [0.05, 0.1) is 74.7 Å². The van der Waals surface area contributed by atoms with Gasteiger partial charge < -0.3 is 46.8 Å². The largest absolute Gasteiger partial charge is 0.534 e. The Morgan fingerprint density at radius 1 is 0.769 bits per heavy atom. The van der Waals surface area contributed by atoms with E-state index in [1.807, 2.05) is 47.0 Å². The van der Waals surface area contributed by atoms with Gasteiger partial charge in [0, 0.05) is 31.0 Å². The Morgan fingerprint density at radius 2 is 1.32 bits per heavy atom. The highest BCUT2D eigenvalue weighted by Crippen LogP contribution is 2.48. The van der Waals surface area contributed by atoms with Gasteiger partial charge in [0.15, 0.2) is 37.5 Å². The number of benzene rings is 2. The van der Waals surface area contributed by atoms with Crippen LogP contribution >= 0.6 is 34.8 Å². The van der Waals surface area contributed by atoms with Crippen LogP contribution in [0, 0.1) is 5.92 Å². The zero-order valence-electron chi connectivity index (χ0n) is 44.8. The fourth-order valence-corrected chi connectivity index (χ4v) is 11.2. The molecule has 0 N–H and O–H groups in total. The van der Waals surface area contributed by atoms with Crippen molar-refractivity contribution in [3.63, 3.8) is 0 Å². The van der Waals surface area contributed by atoms with Crippen molar-refractivity contribution in [2.45, 2.75) is 132 Å². The van der Waals surface area contributed by atoms with E-state index in [1.165, 1.54) is 31.3 Å². The first-order chi connectivity index (χ1) is 36.4. The van der Waals surface area contributed by atoms with E-state index in [2.05, 4.69) is 29.3 Å². The standard InChI is InChI=1S/C52H64Cl3F3N4O14SSi/c1-11-71-48(65)61-31(3)37-21-33(32-17-15-30(2)16-18-32)27-59(37)45(63)35-23-41(69-7)43(25-38(35)61)72-19-13-12-14-20-73-44-26-39-36(24-42(44)70-8)46(64)60-28-34(75-77(67,68)52(56,57)58)22-40(60)47(76-78(9,10)50(4,5)6)62(39)49(66)74-29-51(53,54)55/h15,17-18,23-28,30-31,37,40,47H,11-14,16,19-22,29H2,1-10H3/t30?,31-,37-,40-,47-/m0/s1. The number of unbranched alkanes of at least 4 members (excludes halogenated alkanes) is 2. The lowest BCUT2D eigenvalue weighted by Crippen LogP contribution is -2.58. The molecule has 1 unspecified atom stereocenters. The number of allylic oxidation sites excluding steroid dienone is 4. The molecule has 0 bridgehead atoms. The van der Waals surface area contributed by atoms with Gasteiger partial charge in [-0.25, -0.2) is 14.5 Å². The summed E-state index contributed by atoms with van der Waals surface area (Å²) in [5, 5.41) is -0.560. The van der Waals surface area contributed by atoms with Gasteiger partial charge in [0.1, 0.15) is 12.4 Å². The lowest BCUT2D eigenvalue weighted by atomic mass is 9.92. The molecule has 5 aliphatic rings. The molecule has 18 nitrogen and oxygen atoms in total. The van der Waals surface area contributed by atoms with Crippen LogP contribution in [0.2, 0.25) is 18.1 Å². The van der Waals surface area contributed by atoms with Crippen molar-refractivity contribution < 1.29 is 77.8 Å². The van der Waals surface area contributed by atoms with Crippen LogP contribution in [-0.4, -0.2) is 125 Å². The zero-order valence-corrected chi connectivity index (χ0v) is 48.9. The van der Waals surface area contributed by atoms with Gasteiger partial charge >= 0.3 is 27.8 Å². The van der Waals surface area contributed by atoms with Crippen molar-refractivity contribution in [2.75, 3.05) is 50.4 Å². The summed E-state index contributed by atoms with van der Waals surface area (Å²) < 4.78 is 109. The molecule has 26 heteroatoms. The van der Waals surface area contributed by atoms with Gasteiger partial charge in [0.2, 0.25) is 3.79 Å². The van der Waals surface area contributed by atoms with E-state index in [0.29, 0.717) is 43.0 Å². The maximum Gasteiger partial charge on any atom is 0.534 e. The molecule has 4 heterocycles. The molecule has 78 heavy (non-hydrogen) atoms. The minimum absolute atomic E-state index is 0.0185. The van der Waals surface area contributed by atoms with Crippen molar-refractivity contribution in [1.82, 2.24) is 9.80 Å². The van der Waals surface area contributed by atoms with Gasteiger partial charge in [-0.3, -0.25) is 14.5 Å². The molecule has 4 aliphatic heterocycles. The predicted octanol–water partition coefficient (Wildman–Crippen LogP) is 11.9. The molecule has 2 aromatic rings. The summed E-state index contributed by atoms with van der Waals surface area (Å²) in [6.07, 6.45) is 8.02. The van der Waals surface area contributed by atoms with Crippen LogP contribution in [0.1, 0.15) is 101 Å². The Bertz CT molecular complexity index is 2910. The molecule has 428 valence electrons. The fraction of sp³-hybridized carbons (Fsp3) is 0.538. The number of methoxy groups -OCH3 is 2. The molecule has 7 rings (SSSR count). The molecular weight excluding hydrogens is 1130 g/mol. The summed E-state index contributed by atoms with van der Waals surface area (Å²) in [5.41, 5.74) is -3.54. The summed E-state index contributed by atoms with van der Waals surface area (Å²) >= 11 is 18.0. The fourth-order valence-electron chi connectivity index (χ4n) is 9.30. The Labute approximate surface area is 468 Å². The van der Waals surface area contributed by atoms with Crippen LogP contribution in [0.5, 0.6) is 23.0 Å². The van der Waals surface area contributed by atoms with Crippen LogP contribution in [0.15, 0.2) is 71.8 Å². The van der Waals surface area contributed by atoms with Crippen molar-refractivity contribution in [3.8, 4) is 23.0 Å². The number of rotatable bonds is 17. The molecule has 0 radical (unpaired) electrons. The molecule has 0 spiro atoms. The van der Waals surface area contributed by atoms with Crippen molar-refractivity contribution in [2.24, 2.45) is 5.92 Å². The lowest BCUT2D eigenvalue weighted by molar-refractivity contribution is -0.0523. The van der Waals surface area contributed by atoms with Gasteiger partial charge in [-0.05, 0) is 93.3 Å². The summed E-state index contributed by atoms with van der Waals surface area (Å²) in [6.45, 7) is 14.7. The van der Waals surface area contributed by atoms with Crippen LogP contribution < -0.4 is 28.7 Å². The average molecular weight is 1190 g/mol. The number of alkyl halides is 6. The smallest absolute Gasteiger partial charge is 0.493 e. The summed E-state index contributed by atoms with van der Waals surface area (Å²) in [6, 6.07) is 3.59. The van der Waals surface area contributed by atoms with E-state index >= 15 is 0 Å². The first-order valence-electron chi connectivity index (χ1n) is 25.2. The average Bonchev–Trinajstić information content (AvgIpc) is 4.09. The highest BCUT2D eigenvalue weighted by Gasteiger charge is 2.54. The molecular formula is C52H64Cl3F3N4O14SSi. The number of fused-ring (bicyclic) bond motifs is 4. The second-order valence-electron chi connectivity index (χ2n) is 20.8. The Hall–Kier alpha value is -5.33. The second-order valence-corrected chi connectivity index (χ2v) is 29.7. The maximum absolute atomic E-state index is 14.6.